The number of fused-ring (bicyclic) bond motifs is 1. The van der Waals surface area contributed by atoms with Crippen molar-refractivity contribution in [2.24, 2.45) is 11.7 Å². The lowest BCUT2D eigenvalue weighted by Gasteiger charge is -2.25. The average Bonchev–Trinajstić information content (AvgIpc) is 3.09. The minimum Gasteiger partial charge on any atom is -0.327 e. The van der Waals surface area contributed by atoms with Crippen LogP contribution in [0.15, 0.2) is 18.5 Å². The van der Waals surface area contributed by atoms with Crippen LogP contribution in [0, 0.1) is 5.92 Å². The molecule has 1 fully saturated rings. The molecule has 2 N–H and O–H groups in total. The Balaban J connectivity index is 2.06. The molecule has 0 bridgehead atoms. The molecule has 19 heavy (non-hydrogen) atoms. The van der Waals surface area contributed by atoms with Crippen LogP contribution in [0.3, 0.4) is 0 Å². The van der Waals surface area contributed by atoms with Crippen molar-refractivity contribution in [2.75, 3.05) is 0 Å². The van der Waals surface area contributed by atoms with Crippen LogP contribution in [-0.4, -0.2) is 20.6 Å². The first kappa shape index (κ1) is 12.6. The van der Waals surface area contributed by atoms with Crippen LogP contribution in [0.1, 0.15) is 39.4 Å². The predicted octanol–water partition coefficient (Wildman–Crippen LogP) is 2.47. The Hall–Kier alpha value is -1.42. The van der Waals surface area contributed by atoms with Crippen LogP contribution in [0.2, 0.25) is 0 Å². The van der Waals surface area contributed by atoms with Gasteiger partial charge >= 0.3 is 0 Å². The zero-order valence-electron chi connectivity index (χ0n) is 11.9. The molecule has 0 spiro atoms. The molecule has 1 atom stereocenters. The van der Waals surface area contributed by atoms with E-state index in [1.165, 1.54) is 12.8 Å². The van der Waals surface area contributed by atoms with Crippen LogP contribution < -0.4 is 5.73 Å². The van der Waals surface area contributed by atoms with E-state index in [0.29, 0.717) is 5.92 Å². The van der Waals surface area contributed by atoms with E-state index >= 15 is 0 Å². The summed E-state index contributed by atoms with van der Waals surface area (Å²) >= 11 is 0. The molecule has 1 saturated carbocycles. The van der Waals surface area contributed by atoms with Gasteiger partial charge in [0.2, 0.25) is 0 Å². The van der Waals surface area contributed by atoms with Gasteiger partial charge in [-0.25, -0.2) is 4.98 Å². The van der Waals surface area contributed by atoms with Crippen LogP contribution in [0.5, 0.6) is 0 Å². The van der Waals surface area contributed by atoms with Crippen molar-refractivity contribution in [3.05, 3.63) is 24.3 Å². The third kappa shape index (κ3) is 2.37. The maximum Gasteiger partial charge on any atom is 0.111 e. The van der Waals surface area contributed by atoms with Gasteiger partial charge in [0, 0.05) is 24.2 Å². The molecule has 0 radical (unpaired) electrons. The number of nitrogens with two attached hydrogens (primary N) is 1. The van der Waals surface area contributed by atoms with Gasteiger partial charge in [-0.05, 0) is 45.6 Å². The molecule has 0 aliphatic heterocycles. The number of hydrogen-bond acceptors (Lipinski definition) is 3. The highest BCUT2D eigenvalue weighted by Gasteiger charge is 2.31. The molecule has 1 aliphatic rings. The maximum atomic E-state index is 6.28. The number of aromatic nitrogens is 3. The van der Waals surface area contributed by atoms with Gasteiger partial charge in [-0.2, -0.15) is 0 Å². The van der Waals surface area contributed by atoms with Gasteiger partial charge in [-0.1, -0.05) is 0 Å². The summed E-state index contributed by atoms with van der Waals surface area (Å²) in [5.41, 5.74) is 8.41. The standard InChI is InChI=1S/C15H22N4/c1-15(2,3)19-13-6-7-17-9-12(13)18-14(19)8-11(16)10-4-5-10/h6-7,9-11H,4-5,8,16H2,1-3H3. The summed E-state index contributed by atoms with van der Waals surface area (Å²) in [6, 6.07) is 2.28. The Morgan fingerprint density at radius 2 is 2.16 bits per heavy atom. The number of imidazole rings is 1. The van der Waals surface area contributed by atoms with E-state index in [2.05, 4.69) is 30.3 Å². The second kappa shape index (κ2) is 4.30. The zero-order chi connectivity index (χ0) is 13.6. The number of rotatable bonds is 3. The highest BCUT2D eigenvalue weighted by Crippen LogP contribution is 2.34. The summed E-state index contributed by atoms with van der Waals surface area (Å²) in [4.78, 5) is 8.92. The minimum absolute atomic E-state index is 0.00864. The molecular formula is C15H22N4. The van der Waals surface area contributed by atoms with Gasteiger partial charge in [-0.15, -0.1) is 0 Å². The summed E-state index contributed by atoms with van der Waals surface area (Å²) in [5, 5.41) is 0. The normalized spacial score (nSPS) is 17.9. The van der Waals surface area contributed by atoms with Gasteiger partial charge in [-0.3, -0.25) is 4.98 Å². The third-order valence-electron chi connectivity index (χ3n) is 3.84. The summed E-state index contributed by atoms with van der Waals surface area (Å²) in [5.74, 6) is 1.79. The molecule has 3 rings (SSSR count). The Kier molecular flexibility index (Phi) is 2.86. The molecule has 102 valence electrons. The molecule has 4 heteroatoms. The van der Waals surface area contributed by atoms with Gasteiger partial charge in [0.05, 0.1) is 11.7 Å². The van der Waals surface area contributed by atoms with Crippen LogP contribution in [0.25, 0.3) is 11.0 Å². The predicted molar refractivity (Wildman–Crippen MR) is 76.9 cm³/mol. The fourth-order valence-electron chi connectivity index (χ4n) is 2.77. The summed E-state index contributed by atoms with van der Waals surface area (Å²) < 4.78 is 2.31. The van der Waals surface area contributed by atoms with Crippen molar-refractivity contribution in [1.82, 2.24) is 14.5 Å². The molecule has 0 aromatic carbocycles. The van der Waals surface area contributed by atoms with Gasteiger partial charge in [0.25, 0.3) is 0 Å². The van der Waals surface area contributed by atoms with E-state index in [1.807, 2.05) is 18.5 Å². The molecule has 4 nitrogen and oxygen atoms in total. The van der Waals surface area contributed by atoms with Crippen LogP contribution in [-0.2, 0) is 12.0 Å². The lowest BCUT2D eigenvalue weighted by Crippen LogP contribution is -2.30. The van der Waals surface area contributed by atoms with E-state index in [1.54, 1.807) is 0 Å². The smallest absolute Gasteiger partial charge is 0.111 e. The largest absolute Gasteiger partial charge is 0.327 e. The molecule has 1 unspecified atom stereocenters. The Bertz CT molecular complexity index is 590. The number of nitrogens with zero attached hydrogens (tertiary/aromatic N) is 3. The lowest BCUT2D eigenvalue weighted by molar-refractivity contribution is 0.386. The maximum absolute atomic E-state index is 6.28. The molecular weight excluding hydrogens is 236 g/mol. The van der Waals surface area contributed by atoms with Crippen molar-refractivity contribution in [2.45, 2.75) is 51.6 Å². The van der Waals surface area contributed by atoms with Crippen molar-refractivity contribution in [3.63, 3.8) is 0 Å². The molecule has 0 saturated heterocycles. The Morgan fingerprint density at radius 3 is 2.79 bits per heavy atom. The molecule has 2 heterocycles. The number of hydrogen-bond donors (Lipinski definition) is 1. The quantitative estimate of drug-likeness (QED) is 0.920. The topological polar surface area (TPSA) is 56.7 Å². The van der Waals surface area contributed by atoms with Gasteiger partial charge in [0.1, 0.15) is 11.3 Å². The van der Waals surface area contributed by atoms with E-state index < -0.39 is 0 Å². The summed E-state index contributed by atoms with van der Waals surface area (Å²) in [7, 11) is 0. The molecule has 1 aliphatic carbocycles. The SMILES string of the molecule is CC(C)(C)n1c(CC(N)C2CC2)nc2cnccc21. The van der Waals surface area contributed by atoms with E-state index in [9.17, 15) is 0 Å². The van der Waals surface area contributed by atoms with Crippen molar-refractivity contribution < 1.29 is 0 Å². The minimum atomic E-state index is 0.00864. The fraction of sp³-hybridized carbons (Fsp3) is 0.600. The number of pyridine rings is 1. The highest BCUT2D eigenvalue weighted by molar-refractivity contribution is 5.75. The van der Waals surface area contributed by atoms with Crippen LogP contribution in [0.4, 0.5) is 0 Å². The van der Waals surface area contributed by atoms with Crippen molar-refractivity contribution in [1.29, 1.82) is 0 Å². The first-order valence-corrected chi connectivity index (χ1v) is 7.04. The van der Waals surface area contributed by atoms with E-state index in [0.717, 1.165) is 23.3 Å². The zero-order valence-corrected chi connectivity index (χ0v) is 11.9. The molecule has 2 aromatic heterocycles. The second-order valence-corrected chi connectivity index (χ2v) is 6.60. The van der Waals surface area contributed by atoms with Crippen LogP contribution >= 0.6 is 0 Å². The summed E-state index contributed by atoms with van der Waals surface area (Å²) in [6.45, 7) is 6.63. The Morgan fingerprint density at radius 1 is 1.42 bits per heavy atom. The fourth-order valence-corrected chi connectivity index (χ4v) is 2.77. The first-order valence-electron chi connectivity index (χ1n) is 7.04. The first-order chi connectivity index (χ1) is 8.97. The second-order valence-electron chi connectivity index (χ2n) is 6.60. The molecule has 2 aromatic rings. The van der Waals surface area contributed by atoms with Gasteiger partial charge < -0.3 is 10.3 Å². The average molecular weight is 258 g/mol. The lowest BCUT2D eigenvalue weighted by atomic mass is 10.1. The highest BCUT2D eigenvalue weighted by atomic mass is 15.1. The molecule has 0 amide bonds. The third-order valence-corrected chi connectivity index (χ3v) is 3.84. The van der Waals surface area contributed by atoms with Gasteiger partial charge in [0.15, 0.2) is 0 Å². The van der Waals surface area contributed by atoms with E-state index in [-0.39, 0.29) is 11.6 Å². The Labute approximate surface area is 114 Å². The van der Waals surface area contributed by atoms with Crippen molar-refractivity contribution >= 4 is 11.0 Å². The monoisotopic (exact) mass is 258 g/mol. The summed E-state index contributed by atoms with van der Waals surface area (Å²) in [6.07, 6.45) is 7.08. The van der Waals surface area contributed by atoms with Crippen molar-refractivity contribution in [3.8, 4) is 0 Å². The van der Waals surface area contributed by atoms with E-state index in [4.69, 9.17) is 10.7 Å².